The van der Waals surface area contributed by atoms with Gasteiger partial charge in [-0.2, -0.15) is 13.2 Å². The number of carbonyl (C=O) groups excluding carboxylic acids is 3. The minimum absolute atomic E-state index is 0.179. The number of aliphatic hydroxyl groups is 1. The monoisotopic (exact) mass is 501 g/mol. The van der Waals surface area contributed by atoms with Gasteiger partial charge in [0.15, 0.2) is 0 Å². The van der Waals surface area contributed by atoms with Crippen molar-refractivity contribution in [1.82, 2.24) is 15.1 Å². The summed E-state index contributed by atoms with van der Waals surface area (Å²) in [6, 6.07) is 9.80. The van der Waals surface area contributed by atoms with Crippen LogP contribution in [0.3, 0.4) is 0 Å². The Morgan fingerprint density at radius 3 is 2.50 bits per heavy atom. The molecule has 36 heavy (non-hydrogen) atoms. The molecule has 3 aliphatic heterocycles. The topological polar surface area (TPSA) is 90.0 Å². The zero-order chi connectivity index (χ0) is 25.7. The minimum Gasteiger partial charge on any atom is -0.385 e. The third kappa shape index (κ3) is 4.62. The number of likely N-dealkylation sites (tertiary alicyclic amines) is 1. The van der Waals surface area contributed by atoms with E-state index in [-0.39, 0.29) is 31.2 Å². The number of nitrogens with one attached hydrogen (secondary N) is 1. The highest BCUT2D eigenvalue weighted by atomic mass is 19.4. The van der Waals surface area contributed by atoms with E-state index in [4.69, 9.17) is 0 Å². The molecule has 0 aromatic heterocycles. The lowest BCUT2D eigenvalue weighted by molar-refractivity contribution is -0.138. The molecule has 5 rings (SSSR count). The number of nitrogens with zero attached hydrogens (tertiary/aromatic N) is 2. The Morgan fingerprint density at radius 2 is 1.81 bits per heavy atom. The van der Waals surface area contributed by atoms with Gasteiger partial charge in [0.25, 0.3) is 5.91 Å². The maximum Gasteiger partial charge on any atom is 0.416 e. The first-order valence-corrected chi connectivity index (χ1v) is 11.9. The fourth-order valence-electron chi connectivity index (χ4n) is 5.34. The molecular weight excluding hydrogens is 475 g/mol. The molecule has 7 nitrogen and oxygen atoms in total. The van der Waals surface area contributed by atoms with Gasteiger partial charge in [-0.3, -0.25) is 24.6 Å². The van der Waals surface area contributed by atoms with E-state index in [0.29, 0.717) is 49.2 Å². The van der Waals surface area contributed by atoms with Gasteiger partial charge in [-0.05, 0) is 48.1 Å². The van der Waals surface area contributed by atoms with Crippen molar-refractivity contribution < 1.29 is 32.7 Å². The summed E-state index contributed by atoms with van der Waals surface area (Å²) in [5.41, 5.74) is 0.658. The first-order valence-electron chi connectivity index (χ1n) is 11.9. The largest absolute Gasteiger partial charge is 0.416 e. The molecule has 3 amide bonds. The molecule has 2 saturated heterocycles. The second-order valence-corrected chi connectivity index (χ2v) is 9.78. The van der Waals surface area contributed by atoms with Crippen LogP contribution in [0.5, 0.6) is 0 Å². The van der Waals surface area contributed by atoms with E-state index in [1.54, 1.807) is 18.2 Å². The summed E-state index contributed by atoms with van der Waals surface area (Å²) in [6.45, 7) is 1.60. The molecule has 190 valence electrons. The Hall–Kier alpha value is -3.24. The fourth-order valence-corrected chi connectivity index (χ4v) is 5.34. The van der Waals surface area contributed by atoms with Crippen molar-refractivity contribution >= 4 is 17.7 Å². The summed E-state index contributed by atoms with van der Waals surface area (Å²) in [6.07, 6.45) is -3.13. The van der Waals surface area contributed by atoms with Crippen LogP contribution < -0.4 is 5.32 Å². The predicted molar refractivity (Wildman–Crippen MR) is 122 cm³/mol. The number of benzene rings is 2. The van der Waals surface area contributed by atoms with E-state index in [1.165, 1.54) is 11.0 Å². The summed E-state index contributed by atoms with van der Waals surface area (Å²) in [5.74, 6) is -1.09. The average Bonchev–Trinajstić information content (AvgIpc) is 3.16. The zero-order valence-electron chi connectivity index (χ0n) is 19.5. The molecular formula is C26H26F3N3O4. The number of carbonyl (C=O) groups is 3. The van der Waals surface area contributed by atoms with Crippen LogP contribution in [-0.2, 0) is 34.5 Å². The van der Waals surface area contributed by atoms with Crippen LogP contribution in [0.4, 0.5) is 13.2 Å². The number of fused-ring (bicyclic) bond motifs is 1. The minimum atomic E-state index is -4.39. The number of amides is 3. The molecule has 2 N–H and O–H groups in total. The summed E-state index contributed by atoms with van der Waals surface area (Å²) >= 11 is 0. The van der Waals surface area contributed by atoms with E-state index in [9.17, 15) is 32.7 Å². The molecule has 0 bridgehead atoms. The standard InChI is InChI=1S/C26H26F3N3O4/c27-26(28,29)19-3-1-2-16(12-19)14-31-10-8-25(36,9-11-31)18-4-5-20-17(13-18)15-32(24(20)35)21-6-7-22(33)30-23(21)34/h1-5,12-13,21,36H,6-11,14-15H2,(H,30,33,34). The van der Waals surface area contributed by atoms with Gasteiger partial charge in [-0.15, -0.1) is 0 Å². The lowest BCUT2D eigenvalue weighted by atomic mass is 9.83. The van der Waals surface area contributed by atoms with Crippen LogP contribution in [-0.4, -0.2) is 51.8 Å². The predicted octanol–water partition coefficient (Wildman–Crippen LogP) is 2.95. The highest BCUT2D eigenvalue weighted by molar-refractivity contribution is 6.05. The number of rotatable bonds is 4. The molecule has 0 aliphatic carbocycles. The van der Waals surface area contributed by atoms with Crippen LogP contribution in [0.1, 0.15) is 58.3 Å². The maximum atomic E-state index is 13.0. The summed E-state index contributed by atoms with van der Waals surface area (Å²) in [4.78, 5) is 40.1. The van der Waals surface area contributed by atoms with Gasteiger partial charge in [-0.1, -0.05) is 30.3 Å². The van der Waals surface area contributed by atoms with Crippen LogP contribution in [0.25, 0.3) is 0 Å². The lowest BCUT2D eigenvalue weighted by Gasteiger charge is -2.38. The SMILES string of the molecule is O=C1CCC(N2Cc3cc(C4(O)CCN(Cc5cccc(C(F)(F)F)c5)CC4)ccc3C2=O)C(=O)N1. The number of hydrogen-bond acceptors (Lipinski definition) is 5. The first kappa shape index (κ1) is 24.5. The van der Waals surface area contributed by atoms with Crippen molar-refractivity contribution in [2.24, 2.45) is 0 Å². The van der Waals surface area contributed by atoms with Gasteiger partial charge in [0.2, 0.25) is 11.8 Å². The van der Waals surface area contributed by atoms with Crippen LogP contribution in [0.15, 0.2) is 42.5 Å². The van der Waals surface area contributed by atoms with Crippen molar-refractivity contribution in [3.05, 3.63) is 70.3 Å². The lowest BCUT2D eigenvalue weighted by Crippen LogP contribution is -2.52. The van der Waals surface area contributed by atoms with E-state index in [1.807, 2.05) is 11.0 Å². The molecule has 3 aliphatic rings. The number of piperidine rings is 2. The van der Waals surface area contributed by atoms with Gasteiger partial charge in [0.05, 0.1) is 11.2 Å². The Morgan fingerprint density at radius 1 is 1.06 bits per heavy atom. The molecule has 3 heterocycles. The van der Waals surface area contributed by atoms with Gasteiger partial charge < -0.3 is 10.0 Å². The quantitative estimate of drug-likeness (QED) is 0.629. The van der Waals surface area contributed by atoms with Gasteiger partial charge in [0.1, 0.15) is 6.04 Å². The molecule has 0 saturated carbocycles. The first-order chi connectivity index (χ1) is 17.0. The molecule has 2 aromatic carbocycles. The number of alkyl halides is 3. The van der Waals surface area contributed by atoms with Crippen LogP contribution >= 0.6 is 0 Å². The highest BCUT2D eigenvalue weighted by Gasteiger charge is 2.41. The van der Waals surface area contributed by atoms with Crippen LogP contribution in [0.2, 0.25) is 0 Å². The number of imide groups is 1. The molecule has 2 fully saturated rings. The van der Waals surface area contributed by atoms with Gasteiger partial charge in [-0.25, -0.2) is 0 Å². The van der Waals surface area contributed by atoms with Crippen molar-refractivity contribution in [2.45, 2.75) is 56.6 Å². The summed E-state index contributed by atoms with van der Waals surface area (Å²) in [5, 5.41) is 13.7. The van der Waals surface area contributed by atoms with E-state index in [0.717, 1.165) is 17.7 Å². The maximum absolute atomic E-state index is 13.0. The zero-order valence-corrected chi connectivity index (χ0v) is 19.5. The third-order valence-corrected chi connectivity index (χ3v) is 7.40. The number of hydrogen-bond donors (Lipinski definition) is 2. The molecule has 0 spiro atoms. The molecule has 1 unspecified atom stereocenters. The van der Waals surface area contributed by atoms with Crippen molar-refractivity contribution in [1.29, 1.82) is 0 Å². The summed E-state index contributed by atoms with van der Waals surface area (Å²) < 4.78 is 39.0. The van der Waals surface area contributed by atoms with E-state index < -0.39 is 29.3 Å². The molecule has 2 aromatic rings. The average molecular weight is 502 g/mol. The van der Waals surface area contributed by atoms with Crippen molar-refractivity contribution in [2.75, 3.05) is 13.1 Å². The van der Waals surface area contributed by atoms with Gasteiger partial charge in [0, 0.05) is 38.2 Å². The van der Waals surface area contributed by atoms with Crippen molar-refractivity contribution in [3.63, 3.8) is 0 Å². The highest BCUT2D eigenvalue weighted by Crippen LogP contribution is 2.37. The summed E-state index contributed by atoms with van der Waals surface area (Å²) in [7, 11) is 0. The van der Waals surface area contributed by atoms with E-state index in [2.05, 4.69) is 5.32 Å². The second-order valence-electron chi connectivity index (χ2n) is 9.78. The second kappa shape index (κ2) is 9.01. The van der Waals surface area contributed by atoms with Crippen molar-refractivity contribution in [3.8, 4) is 0 Å². The van der Waals surface area contributed by atoms with Gasteiger partial charge >= 0.3 is 6.18 Å². The Bertz CT molecular complexity index is 1220. The molecule has 1 atom stereocenters. The molecule has 0 radical (unpaired) electrons. The van der Waals surface area contributed by atoms with Crippen LogP contribution in [0, 0.1) is 0 Å². The fraction of sp³-hybridized carbons (Fsp3) is 0.423. The molecule has 10 heteroatoms. The Balaban J connectivity index is 1.25. The normalized spacial score (nSPS) is 22.5. The number of halogens is 3. The Labute approximate surface area is 205 Å². The van der Waals surface area contributed by atoms with E-state index >= 15 is 0 Å². The smallest absolute Gasteiger partial charge is 0.385 e. The third-order valence-electron chi connectivity index (χ3n) is 7.40. The Kier molecular flexibility index (Phi) is 6.12.